The zero-order valence-corrected chi connectivity index (χ0v) is 16.0. The van der Waals surface area contributed by atoms with Crippen LogP contribution in [0.1, 0.15) is 27.2 Å². The standard InChI is InChI=1S/C16H27B2N7/c1-7-14-16(2,3)25-15(20-21-22-25)19-17(4)23(6)18(5)24(14)13-11-9-8-10-12-13/h8-12,14H,7H2,1-6H3,(H,19,20,22). The van der Waals surface area contributed by atoms with Gasteiger partial charge in [-0.2, -0.15) is 0 Å². The Labute approximate surface area is 151 Å². The minimum absolute atomic E-state index is 0.0948. The van der Waals surface area contributed by atoms with Crippen molar-refractivity contribution in [2.75, 3.05) is 17.1 Å². The Morgan fingerprint density at radius 3 is 2.52 bits per heavy atom. The van der Waals surface area contributed by atoms with Crippen molar-refractivity contribution >= 4 is 25.6 Å². The number of nitrogens with zero attached hydrogens (tertiary/aromatic N) is 6. The first-order valence-electron chi connectivity index (χ1n) is 8.98. The summed E-state index contributed by atoms with van der Waals surface area (Å²) >= 11 is 0. The average molecular weight is 339 g/mol. The molecule has 0 aliphatic carbocycles. The number of benzene rings is 1. The molecule has 1 aliphatic rings. The topological polar surface area (TPSA) is 62.1 Å². The number of nitrogens with one attached hydrogen (secondary N) is 1. The number of tetrazole rings is 1. The summed E-state index contributed by atoms with van der Waals surface area (Å²) in [6, 6.07) is 10.8. The third kappa shape index (κ3) is 3.01. The van der Waals surface area contributed by atoms with Crippen LogP contribution >= 0.6 is 0 Å². The molecule has 0 spiro atoms. The molecule has 2 aromatic rings. The normalized spacial score (nSPS) is 21.2. The lowest BCUT2D eigenvalue weighted by molar-refractivity contribution is 0.251. The first-order valence-corrected chi connectivity index (χ1v) is 8.98. The second-order valence-electron chi connectivity index (χ2n) is 7.35. The van der Waals surface area contributed by atoms with Crippen LogP contribution in [0.2, 0.25) is 13.6 Å². The molecule has 0 saturated heterocycles. The molecular formula is C16H27B2N7. The van der Waals surface area contributed by atoms with Crippen molar-refractivity contribution in [1.82, 2.24) is 24.9 Å². The van der Waals surface area contributed by atoms with Crippen molar-refractivity contribution in [2.24, 2.45) is 0 Å². The molecule has 1 aromatic heterocycles. The highest BCUT2D eigenvalue weighted by Crippen LogP contribution is 2.34. The van der Waals surface area contributed by atoms with Crippen LogP contribution in [0.25, 0.3) is 0 Å². The molecule has 9 heteroatoms. The minimum Gasteiger partial charge on any atom is -0.397 e. The summed E-state index contributed by atoms with van der Waals surface area (Å²) < 4.78 is 4.25. The van der Waals surface area contributed by atoms with Gasteiger partial charge in [-0.3, -0.25) is 0 Å². The molecule has 2 heterocycles. The Hall–Kier alpha value is -2.02. The second kappa shape index (κ2) is 6.71. The van der Waals surface area contributed by atoms with Crippen LogP contribution < -0.4 is 10.0 Å². The van der Waals surface area contributed by atoms with Gasteiger partial charge in [0, 0.05) is 11.7 Å². The number of anilines is 2. The third-order valence-electron chi connectivity index (χ3n) is 5.55. The molecule has 1 aromatic carbocycles. The van der Waals surface area contributed by atoms with Crippen molar-refractivity contribution in [3.8, 4) is 0 Å². The maximum atomic E-state index is 4.31. The highest BCUT2D eigenvalue weighted by atomic mass is 15.6. The van der Waals surface area contributed by atoms with Crippen LogP contribution in [-0.2, 0) is 5.54 Å². The molecule has 0 fully saturated rings. The van der Waals surface area contributed by atoms with Gasteiger partial charge in [-0.15, -0.1) is 0 Å². The van der Waals surface area contributed by atoms with E-state index in [9.17, 15) is 0 Å². The quantitative estimate of drug-likeness (QED) is 0.848. The van der Waals surface area contributed by atoms with E-state index in [2.05, 4.69) is 102 Å². The van der Waals surface area contributed by atoms with Crippen molar-refractivity contribution in [1.29, 1.82) is 0 Å². The number of hydrogen-bond acceptors (Lipinski definition) is 6. The molecule has 1 atom stereocenters. The van der Waals surface area contributed by atoms with Gasteiger partial charge in [0.25, 0.3) is 0 Å². The number of rotatable bonds is 2. The van der Waals surface area contributed by atoms with Gasteiger partial charge in [0.05, 0.1) is 5.54 Å². The molecule has 0 amide bonds. The molecule has 1 N–H and O–H groups in total. The van der Waals surface area contributed by atoms with Gasteiger partial charge in [0.2, 0.25) is 5.95 Å². The smallest absolute Gasteiger partial charge is 0.329 e. The fourth-order valence-electron chi connectivity index (χ4n) is 3.91. The number of fused-ring (bicyclic) bond motifs is 1. The zero-order chi connectivity index (χ0) is 18.2. The summed E-state index contributed by atoms with van der Waals surface area (Å²) in [4.78, 5) is 2.50. The molecule has 7 nitrogen and oxygen atoms in total. The number of aromatic nitrogens is 4. The van der Waals surface area contributed by atoms with E-state index in [0.29, 0.717) is 5.95 Å². The first kappa shape index (κ1) is 17.8. The van der Waals surface area contributed by atoms with E-state index in [1.807, 2.05) is 4.68 Å². The Bertz CT molecular complexity index is 706. The third-order valence-corrected chi connectivity index (χ3v) is 5.55. The average Bonchev–Trinajstić information content (AvgIpc) is 3.07. The van der Waals surface area contributed by atoms with Crippen molar-refractivity contribution in [3.05, 3.63) is 30.3 Å². The lowest BCUT2D eigenvalue weighted by atomic mass is 9.60. The second-order valence-corrected chi connectivity index (χ2v) is 7.35. The minimum atomic E-state index is -0.282. The predicted molar refractivity (Wildman–Crippen MR) is 105 cm³/mol. The highest BCUT2D eigenvalue weighted by molar-refractivity contribution is 6.74. The first-order chi connectivity index (χ1) is 11.9. The van der Waals surface area contributed by atoms with Crippen LogP contribution in [0.3, 0.4) is 0 Å². The molecule has 0 saturated carbocycles. The zero-order valence-electron chi connectivity index (χ0n) is 16.0. The van der Waals surface area contributed by atoms with Crippen molar-refractivity contribution in [3.63, 3.8) is 0 Å². The predicted octanol–water partition coefficient (Wildman–Crippen LogP) is 2.29. The van der Waals surface area contributed by atoms with Gasteiger partial charge >= 0.3 is 14.0 Å². The van der Waals surface area contributed by atoms with E-state index < -0.39 is 0 Å². The Morgan fingerprint density at radius 2 is 1.88 bits per heavy atom. The van der Waals surface area contributed by atoms with E-state index in [1.165, 1.54) is 5.69 Å². The Morgan fingerprint density at radius 1 is 1.20 bits per heavy atom. The van der Waals surface area contributed by atoms with Gasteiger partial charge in [0.15, 0.2) is 0 Å². The Kier molecular flexibility index (Phi) is 4.77. The lowest BCUT2D eigenvalue weighted by Crippen LogP contribution is -2.62. The van der Waals surface area contributed by atoms with E-state index in [-0.39, 0.29) is 25.5 Å². The number of para-hydroxylation sites is 1. The van der Waals surface area contributed by atoms with Gasteiger partial charge < -0.3 is 14.8 Å². The summed E-state index contributed by atoms with van der Waals surface area (Å²) in [5, 5.41) is 15.9. The monoisotopic (exact) mass is 339 g/mol. The van der Waals surface area contributed by atoms with Crippen LogP contribution in [0.5, 0.6) is 0 Å². The highest BCUT2D eigenvalue weighted by Gasteiger charge is 2.44. The van der Waals surface area contributed by atoms with E-state index >= 15 is 0 Å². The fraction of sp³-hybridized carbons (Fsp3) is 0.562. The van der Waals surface area contributed by atoms with Crippen LogP contribution in [0.15, 0.2) is 30.3 Å². The summed E-state index contributed by atoms with van der Waals surface area (Å²) in [6.07, 6.45) is 0.980. The molecule has 1 unspecified atom stereocenters. The molecular weight excluding hydrogens is 312 g/mol. The van der Waals surface area contributed by atoms with Crippen LogP contribution in [-0.4, -0.2) is 52.0 Å². The number of hydrogen-bond donors (Lipinski definition) is 1. The maximum Gasteiger partial charge on any atom is 0.329 e. The molecule has 1 aliphatic heterocycles. The van der Waals surface area contributed by atoms with Gasteiger partial charge in [0.1, 0.15) is 0 Å². The molecule has 3 rings (SSSR count). The van der Waals surface area contributed by atoms with E-state index in [4.69, 9.17) is 0 Å². The largest absolute Gasteiger partial charge is 0.397 e. The van der Waals surface area contributed by atoms with Gasteiger partial charge in [-0.1, -0.05) is 43.9 Å². The van der Waals surface area contributed by atoms with E-state index in [1.54, 1.807) is 0 Å². The van der Waals surface area contributed by atoms with Crippen molar-refractivity contribution < 1.29 is 0 Å². The maximum absolute atomic E-state index is 4.31. The summed E-state index contributed by atoms with van der Waals surface area (Å²) in [7, 11) is 2.14. The van der Waals surface area contributed by atoms with Crippen LogP contribution in [0, 0.1) is 0 Å². The van der Waals surface area contributed by atoms with Crippen molar-refractivity contribution in [2.45, 2.75) is 52.4 Å². The lowest BCUT2D eigenvalue weighted by Gasteiger charge is -2.46. The Balaban J connectivity index is 2.18. The van der Waals surface area contributed by atoms with E-state index in [0.717, 1.165) is 6.42 Å². The molecule has 0 radical (unpaired) electrons. The fourth-order valence-corrected chi connectivity index (χ4v) is 3.91. The van der Waals surface area contributed by atoms with Gasteiger partial charge in [-0.25, -0.2) is 4.68 Å². The molecule has 25 heavy (non-hydrogen) atoms. The molecule has 132 valence electrons. The summed E-state index contributed by atoms with van der Waals surface area (Å²) in [5.41, 5.74) is 0.931. The molecule has 0 bridgehead atoms. The summed E-state index contributed by atoms with van der Waals surface area (Å²) in [5.74, 6) is 0.713. The van der Waals surface area contributed by atoms with Gasteiger partial charge in [-0.05, 0) is 49.9 Å². The SMILES string of the molecule is CCC1N(c2ccccc2)B(C)N(C)B(C)Nc2nnnn2C1(C)C. The summed E-state index contributed by atoms with van der Waals surface area (Å²) in [6.45, 7) is 11.3. The van der Waals surface area contributed by atoms with Crippen LogP contribution in [0.4, 0.5) is 11.6 Å².